The van der Waals surface area contributed by atoms with Crippen LogP contribution in [0.25, 0.3) is 10.9 Å². The lowest BCUT2D eigenvalue weighted by Crippen LogP contribution is -2.39. The standard InChI is InChI=1S/C27H31N3O3S/c1-2-34(32)30-24-10-9-20(27(31)29-13-11-19-6-3-4-7-21(19)17-29)16-22(24)23-18-28(14-12-25(23)30)26-8-5-15-33-26/h3-4,6-7,9-10,16,26H,2,5,8,11-15,17-18H2,1H3. The van der Waals surface area contributed by atoms with Crippen LogP contribution in [0.3, 0.4) is 0 Å². The predicted molar refractivity (Wildman–Crippen MR) is 134 cm³/mol. The molecule has 0 radical (unpaired) electrons. The summed E-state index contributed by atoms with van der Waals surface area (Å²) in [6, 6.07) is 14.3. The van der Waals surface area contributed by atoms with Crippen LogP contribution in [0.4, 0.5) is 0 Å². The predicted octanol–water partition coefficient (Wildman–Crippen LogP) is 3.87. The summed E-state index contributed by atoms with van der Waals surface area (Å²) in [7, 11) is -1.11. The number of benzene rings is 2. The molecular weight excluding hydrogens is 446 g/mol. The van der Waals surface area contributed by atoms with Crippen LogP contribution in [0, 0.1) is 0 Å². The number of ether oxygens (including phenoxy) is 1. The maximum Gasteiger partial charge on any atom is 0.254 e. The van der Waals surface area contributed by atoms with Crippen LogP contribution in [-0.4, -0.2) is 55.6 Å². The van der Waals surface area contributed by atoms with Crippen LogP contribution in [0.1, 0.15) is 52.5 Å². The number of fused-ring (bicyclic) bond motifs is 4. The molecule has 1 aromatic heterocycles. The van der Waals surface area contributed by atoms with Gasteiger partial charge in [-0.1, -0.05) is 31.2 Å². The molecule has 1 fully saturated rings. The Morgan fingerprint density at radius 2 is 1.94 bits per heavy atom. The lowest BCUT2D eigenvalue weighted by molar-refractivity contribution is -0.0274. The third kappa shape index (κ3) is 3.70. The summed E-state index contributed by atoms with van der Waals surface area (Å²) in [4.78, 5) is 17.9. The second-order valence-corrected chi connectivity index (χ2v) is 11.1. The molecule has 2 atom stereocenters. The van der Waals surface area contributed by atoms with Crippen molar-refractivity contribution in [3.8, 4) is 0 Å². The molecule has 1 saturated heterocycles. The van der Waals surface area contributed by atoms with Gasteiger partial charge in [0.05, 0.1) is 5.52 Å². The summed E-state index contributed by atoms with van der Waals surface area (Å²) < 4.78 is 21.0. The van der Waals surface area contributed by atoms with E-state index in [2.05, 4.69) is 23.1 Å². The number of nitrogens with zero attached hydrogens (tertiary/aromatic N) is 3. The number of rotatable bonds is 4. The number of aromatic nitrogens is 1. The fraction of sp³-hybridized carbons (Fsp3) is 0.444. The molecule has 34 heavy (non-hydrogen) atoms. The largest absolute Gasteiger partial charge is 0.363 e. The maximum absolute atomic E-state index is 13.5. The van der Waals surface area contributed by atoms with Crippen LogP contribution in [0.2, 0.25) is 0 Å². The highest BCUT2D eigenvalue weighted by Crippen LogP contribution is 2.35. The second kappa shape index (κ2) is 8.95. The maximum atomic E-state index is 13.5. The summed E-state index contributed by atoms with van der Waals surface area (Å²) in [6.07, 6.45) is 4.08. The Hall–Kier alpha value is -2.48. The Morgan fingerprint density at radius 1 is 1.09 bits per heavy atom. The molecule has 4 heterocycles. The minimum atomic E-state index is -1.11. The summed E-state index contributed by atoms with van der Waals surface area (Å²) >= 11 is 0. The van der Waals surface area contributed by atoms with Gasteiger partial charge in [0.2, 0.25) is 0 Å². The first-order valence-electron chi connectivity index (χ1n) is 12.4. The first-order valence-corrected chi connectivity index (χ1v) is 13.7. The third-order valence-electron chi connectivity index (χ3n) is 7.56. The van der Waals surface area contributed by atoms with Gasteiger partial charge < -0.3 is 9.64 Å². The SMILES string of the molecule is CCS(=O)n1c2c(c3cc(C(=O)N4CCc5ccccc5C4)ccc31)CN(C1CCCO1)CC2. The minimum Gasteiger partial charge on any atom is -0.363 e. The number of carbonyl (C=O) groups is 1. The van der Waals surface area contributed by atoms with Gasteiger partial charge in [-0.15, -0.1) is 0 Å². The van der Waals surface area contributed by atoms with Gasteiger partial charge in [0.1, 0.15) is 17.2 Å². The van der Waals surface area contributed by atoms with Crippen molar-refractivity contribution in [3.63, 3.8) is 0 Å². The quantitative estimate of drug-likeness (QED) is 0.573. The van der Waals surface area contributed by atoms with E-state index in [1.54, 1.807) is 0 Å². The van der Waals surface area contributed by atoms with Crippen LogP contribution >= 0.6 is 0 Å². The Bertz CT molecular complexity index is 1280. The van der Waals surface area contributed by atoms with E-state index in [0.717, 1.165) is 68.5 Å². The van der Waals surface area contributed by atoms with Gasteiger partial charge in [0.15, 0.2) is 0 Å². The van der Waals surface area contributed by atoms with E-state index >= 15 is 0 Å². The average molecular weight is 478 g/mol. The zero-order valence-electron chi connectivity index (χ0n) is 19.7. The molecule has 0 N–H and O–H groups in total. The first-order chi connectivity index (χ1) is 16.6. The average Bonchev–Trinajstić information content (AvgIpc) is 3.53. The van der Waals surface area contributed by atoms with E-state index in [0.29, 0.717) is 17.9 Å². The monoisotopic (exact) mass is 477 g/mol. The second-order valence-electron chi connectivity index (χ2n) is 9.50. The number of hydrogen-bond donors (Lipinski definition) is 0. The van der Waals surface area contributed by atoms with Crippen molar-refractivity contribution in [1.29, 1.82) is 0 Å². The van der Waals surface area contributed by atoms with Gasteiger partial charge in [-0.3, -0.25) is 13.7 Å². The molecule has 6 rings (SSSR count). The van der Waals surface area contributed by atoms with Gasteiger partial charge in [-0.05, 0) is 54.2 Å². The minimum absolute atomic E-state index is 0.0707. The van der Waals surface area contributed by atoms with E-state index in [1.807, 2.05) is 40.1 Å². The van der Waals surface area contributed by atoms with Crippen molar-refractivity contribution in [1.82, 2.24) is 13.8 Å². The molecule has 0 saturated carbocycles. The van der Waals surface area contributed by atoms with E-state index < -0.39 is 11.0 Å². The van der Waals surface area contributed by atoms with Crippen LogP contribution in [-0.2, 0) is 41.7 Å². The molecular formula is C27H31N3O3S. The Morgan fingerprint density at radius 3 is 2.74 bits per heavy atom. The summed E-state index contributed by atoms with van der Waals surface area (Å²) in [5.74, 6) is 0.640. The Balaban J connectivity index is 1.37. The lowest BCUT2D eigenvalue weighted by Gasteiger charge is -2.32. The topological polar surface area (TPSA) is 54.8 Å². The molecule has 2 unspecified atom stereocenters. The fourth-order valence-electron chi connectivity index (χ4n) is 5.78. The molecule has 0 aliphatic carbocycles. The molecule has 6 nitrogen and oxygen atoms in total. The third-order valence-corrected chi connectivity index (χ3v) is 8.88. The smallest absolute Gasteiger partial charge is 0.254 e. The summed E-state index contributed by atoms with van der Waals surface area (Å²) in [5, 5.41) is 1.06. The molecule has 178 valence electrons. The summed E-state index contributed by atoms with van der Waals surface area (Å²) in [6.45, 7) is 5.86. The van der Waals surface area contributed by atoms with Crippen molar-refractivity contribution in [2.75, 3.05) is 25.4 Å². The zero-order chi connectivity index (χ0) is 23.2. The molecule has 3 aromatic rings. The van der Waals surface area contributed by atoms with E-state index in [9.17, 15) is 9.00 Å². The van der Waals surface area contributed by atoms with Gasteiger partial charge in [-0.25, -0.2) is 4.21 Å². The molecule has 0 bridgehead atoms. The van der Waals surface area contributed by atoms with Crippen molar-refractivity contribution in [2.24, 2.45) is 0 Å². The molecule has 7 heteroatoms. The first kappa shape index (κ1) is 22.0. The van der Waals surface area contributed by atoms with Crippen molar-refractivity contribution in [3.05, 3.63) is 70.4 Å². The number of carbonyl (C=O) groups excluding carboxylic acids is 1. The van der Waals surface area contributed by atoms with Crippen LogP contribution in [0.5, 0.6) is 0 Å². The Kier molecular flexibility index (Phi) is 5.79. The summed E-state index contributed by atoms with van der Waals surface area (Å²) in [5.41, 5.74) is 6.61. The normalized spacial score (nSPS) is 21.4. The molecule has 3 aliphatic rings. The van der Waals surface area contributed by atoms with Crippen molar-refractivity contribution in [2.45, 2.75) is 51.9 Å². The van der Waals surface area contributed by atoms with Gasteiger partial charge in [-0.2, -0.15) is 0 Å². The van der Waals surface area contributed by atoms with Gasteiger partial charge in [0, 0.05) is 61.6 Å². The van der Waals surface area contributed by atoms with E-state index in [1.165, 1.54) is 16.7 Å². The highest BCUT2D eigenvalue weighted by atomic mass is 32.2. The van der Waals surface area contributed by atoms with Crippen LogP contribution < -0.4 is 0 Å². The van der Waals surface area contributed by atoms with Crippen molar-refractivity contribution >= 4 is 27.8 Å². The molecule has 2 aromatic carbocycles. The van der Waals surface area contributed by atoms with E-state index in [4.69, 9.17) is 4.74 Å². The van der Waals surface area contributed by atoms with E-state index in [-0.39, 0.29) is 12.1 Å². The molecule has 1 amide bonds. The van der Waals surface area contributed by atoms with Crippen LogP contribution in [0.15, 0.2) is 42.5 Å². The fourth-order valence-corrected chi connectivity index (χ4v) is 6.86. The number of hydrogen-bond acceptors (Lipinski definition) is 4. The van der Waals surface area contributed by atoms with Crippen molar-refractivity contribution < 1.29 is 13.7 Å². The molecule has 0 spiro atoms. The highest BCUT2D eigenvalue weighted by molar-refractivity contribution is 7.83. The zero-order valence-corrected chi connectivity index (χ0v) is 20.5. The number of amides is 1. The Labute approximate surface area is 203 Å². The van der Waals surface area contributed by atoms with Gasteiger partial charge in [0.25, 0.3) is 5.91 Å². The highest BCUT2D eigenvalue weighted by Gasteiger charge is 2.32. The van der Waals surface area contributed by atoms with Gasteiger partial charge >= 0.3 is 0 Å². The molecule has 3 aliphatic heterocycles. The lowest BCUT2D eigenvalue weighted by atomic mass is 9.98.